The smallest absolute Gasteiger partial charge is 0.253 e. The van der Waals surface area contributed by atoms with E-state index in [1.54, 1.807) is 12.1 Å². The molecule has 1 heterocycles. The third-order valence-electron chi connectivity index (χ3n) is 3.35. The van der Waals surface area contributed by atoms with Crippen LogP contribution in [0.1, 0.15) is 16.8 Å². The Balaban J connectivity index is 2.00. The van der Waals surface area contributed by atoms with E-state index >= 15 is 0 Å². The van der Waals surface area contributed by atoms with Gasteiger partial charge in [-0.05, 0) is 31.2 Å². The van der Waals surface area contributed by atoms with Crippen LogP contribution in [-0.2, 0) is 0 Å². The lowest BCUT2D eigenvalue weighted by Crippen LogP contribution is -2.35. The second kappa shape index (κ2) is 7.13. The molecular formula is C14H18Cl2N2O. The van der Waals surface area contributed by atoms with E-state index in [2.05, 4.69) is 4.90 Å². The first-order valence-corrected chi connectivity index (χ1v) is 7.45. The molecule has 0 aliphatic carbocycles. The number of nitrogens with zero attached hydrogens (tertiary/aromatic N) is 2. The van der Waals surface area contributed by atoms with Crippen molar-refractivity contribution in [3.8, 4) is 0 Å². The maximum absolute atomic E-state index is 12.4. The lowest BCUT2D eigenvalue weighted by atomic mass is 10.2. The van der Waals surface area contributed by atoms with E-state index in [1.807, 2.05) is 17.0 Å². The largest absolute Gasteiger partial charge is 0.337 e. The van der Waals surface area contributed by atoms with Gasteiger partial charge in [-0.3, -0.25) is 4.79 Å². The fraction of sp³-hybridized carbons (Fsp3) is 0.500. The van der Waals surface area contributed by atoms with Gasteiger partial charge >= 0.3 is 0 Å². The van der Waals surface area contributed by atoms with Crippen molar-refractivity contribution in [3.05, 3.63) is 34.9 Å². The molecule has 1 aliphatic heterocycles. The second-order valence-electron chi connectivity index (χ2n) is 4.69. The molecule has 0 bridgehead atoms. The molecule has 1 aromatic carbocycles. The van der Waals surface area contributed by atoms with E-state index < -0.39 is 0 Å². The molecule has 3 nitrogen and oxygen atoms in total. The van der Waals surface area contributed by atoms with Crippen LogP contribution in [0.5, 0.6) is 0 Å². The third kappa shape index (κ3) is 4.10. The summed E-state index contributed by atoms with van der Waals surface area (Å²) in [7, 11) is 0. The molecule has 1 fully saturated rings. The Bertz CT molecular complexity index is 439. The first-order valence-electron chi connectivity index (χ1n) is 6.54. The van der Waals surface area contributed by atoms with Crippen LogP contribution in [-0.4, -0.2) is 54.3 Å². The summed E-state index contributed by atoms with van der Waals surface area (Å²) < 4.78 is 0. The molecule has 1 saturated heterocycles. The van der Waals surface area contributed by atoms with Gasteiger partial charge in [0.1, 0.15) is 0 Å². The van der Waals surface area contributed by atoms with Crippen LogP contribution < -0.4 is 0 Å². The average molecular weight is 301 g/mol. The van der Waals surface area contributed by atoms with Crippen molar-refractivity contribution in [1.82, 2.24) is 9.80 Å². The summed E-state index contributed by atoms with van der Waals surface area (Å²) in [5.74, 6) is 0.706. The van der Waals surface area contributed by atoms with Gasteiger partial charge in [0.2, 0.25) is 0 Å². The molecule has 2 rings (SSSR count). The van der Waals surface area contributed by atoms with E-state index in [9.17, 15) is 4.79 Å². The highest BCUT2D eigenvalue weighted by Crippen LogP contribution is 2.14. The average Bonchev–Trinajstić information content (AvgIpc) is 2.64. The van der Waals surface area contributed by atoms with Crippen LogP contribution >= 0.6 is 23.2 Å². The van der Waals surface area contributed by atoms with E-state index in [4.69, 9.17) is 23.2 Å². The van der Waals surface area contributed by atoms with Crippen molar-refractivity contribution in [3.63, 3.8) is 0 Å². The number of rotatable bonds is 3. The Labute approximate surface area is 124 Å². The fourth-order valence-electron chi connectivity index (χ4n) is 2.32. The van der Waals surface area contributed by atoms with Crippen LogP contribution in [0.2, 0.25) is 5.02 Å². The third-order valence-corrected chi connectivity index (χ3v) is 3.75. The first kappa shape index (κ1) is 14.6. The Kier molecular flexibility index (Phi) is 5.49. The molecule has 0 N–H and O–H groups in total. The summed E-state index contributed by atoms with van der Waals surface area (Å²) in [6.07, 6.45) is 0.989. The molecule has 104 valence electrons. The number of alkyl halides is 1. The zero-order valence-corrected chi connectivity index (χ0v) is 12.3. The van der Waals surface area contributed by atoms with E-state index in [0.717, 1.165) is 39.1 Å². The van der Waals surface area contributed by atoms with Gasteiger partial charge in [0.15, 0.2) is 0 Å². The monoisotopic (exact) mass is 300 g/mol. The molecule has 0 saturated carbocycles. The van der Waals surface area contributed by atoms with Crippen molar-refractivity contribution in [1.29, 1.82) is 0 Å². The predicted octanol–water partition coefficient (Wildman–Crippen LogP) is 2.73. The minimum Gasteiger partial charge on any atom is -0.337 e. The lowest BCUT2D eigenvalue weighted by Gasteiger charge is -2.21. The van der Waals surface area contributed by atoms with E-state index in [-0.39, 0.29) is 5.91 Å². The fourth-order valence-corrected chi connectivity index (χ4v) is 2.75. The molecular weight excluding hydrogens is 283 g/mol. The Hall–Kier alpha value is -0.770. The minimum atomic E-state index is 0.0650. The Morgan fingerprint density at radius 1 is 1.21 bits per heavy atom. The number of carbonyl (C=O) groups excluding carboxylic acids is 1. The van der Waals surface area contributed by atoms with E-state index in [0.29, 0.717) is 16.5 Å². The Morgan fingerprint density at radius 2 is 2.05 bits per heavy atom. The normalized spacial score (nSPS) is 17.3. The number of hydrogen-bond donors (Lipinski definition) is 0. The molecule has 1 aromatic rings. The van der Waals surface area contributed by atoms with Gasteiger partial charge in [0, 0.05) is 42.6 Å². The highest BCUT2D eigenvalue weighted by Gasteiger charge is 2.19. The quantitative estimate of drug-likeness (QED) is 0.802. The molecule has 19 heavy (non-hydrogen) atoms. The maximum Gasteiger partial charge on any atom is 0.253 e. The van der Waals surface area contributed by atoms with E-state index in [1.165, 1.54) is 0 Å². The second-order valence-corrected chi connectivity index (χ2v) is 5.50. The summed E-state index contributed by atoms with van der Waals surface area (Å²) in [5, 5.41) is 0.601. The van der Waals surface area contributed by atoms with Gasteiger partial charge < -0.3 is 9.80 Å². The lowest BCUT2D eigenvalue weighted by molar-refractivity contribution is 0.0762. The van der Waals surface area contributed by atoms with Crippen LogP contribution in [0.15, 0.2) is 24.3 Å². The SMILES string of the molecule is O=C(c1cccc(Cl)c1)N1CCCN(CCCl)CC1. The summed E-state index contributed by atoms with van der Waals surface area (Å²) in [5.41, 5.74) is 0.665. The van der Waals surface area contributed by atoms with Gasteiger partial charge in [0.25, 0.3) is 5.91 Å². The highest BCUT2D eigenvalue weighted by molar-refractivity contribution is 6.30. The topological polar surface area (TPSA) is 23.6 Å². The number of hydrogen-bond acceptors (Lipinski definition) is 2. The highest BCUT2D eigenvalue weighted by atomic mass is 35.5. The van der Waals surface area contributed by atoms with Crippen molar-refractivity contribution in [2.24, 2.45) is 0 Å². The van der Waals surface area contributed by atoms with Crippen molar-refractivity contribution in [2.75, 3.05) is 38.6 Å². The molecule has 1 amide bonds. The zero-order valence-electron chi connectivity index (χ0n) is 10.8. The van der Waals surface area contributed by atoms with Crippen LogP contribution in [0.4, 0.5) is 0 Å². The number of carbonyl (C=O) groups is 1. The number of amides is 1. The zero-order chi connectivity index (χ0) is 13.7. The van der Waals surface area contributed by atoms with Gasteiger partial charge in [-0.25, -0.2) is 0 Å². The molecule has 1 aliphatic rings. The minimum absolute atomic E-state index is 0.0650. The van der Waals surface area contributed by atoms with Crippen LogP contribution in [0, 0.1) is 0 Å². The summed E-state index contributed by atoms with van der Waals surface area (Å²) >= 11 is 11.7. The summed E-state index contributed by atoms with van der Waals surface area (Å²) in [6, 6.07) is 7.14. The van der Waals surface area contributed by atoms with Gasteiger partial charge in [-0.2, -0.15) is 0 Å². The van der Waals surface area contributed by atoms with Gasteiger partial charge in [-0.15, -0.1) is 11.6 Å². The van der Waals surface area contributed by atoms with Gasteiger partial charge in [0.05, 0.1) is 0 Å². The number of halogens is 2. The Morgan fingerprint density at radius 3 is 2.79 bits per heavy atom. The number of benzene rings is 1. The molecule has 0 unspecified atom stereocenters. The molecule has 0 radical (unpaired) electrons. The summed E-state index contributed by atoms with van der Waals surface area (Å²) in [4.78, 5) is 16.6. The molecule has 5 heteroatoms. The van der Waals surface area contributed by atoms with Crippen molar-refractivity contribution < 1.29 is 4.79 Å². The van der Waals surface area contributed by atoms with Crippen LogP contribution in [0.25, 0.3) is 0 Å². The first-order chi connectivity index (χ1) is 9.20. The molecule has 0 spiro atoms. The molecule has 0 aromatic heterocycles. The van der Waals surface area contributed by atoms with Crippen molar-refractivity contribution in [2.45, 2.75) is 6.42 Å². The predicted molar refractivity (Wildman–Crippen MR) is 79.1 cm³/mol. The standard InChI is InChI=1S/C14H18Cl2N2O/c15-5-8-17-6-2-7-18(10-9-17)14(19)12-3-1-4-13(16)11-12/h1,3-4,11H,2,5-10H2. The van der Waals surface area contributed by atoms with Gasteiger partial charge in [-0.1, -0.05) is 17.7 Å². The van der Waals surface area contributed by atoms with Crippen molar-refractivity contribution >= 4 is 29.1 Å². The summed E-state index contributed by atoms with van der Waals surface area (Å²) in [6.45, 7) is 4.33. The van der Waals surface area contributed by atoms with Crippen LogP contribution in [0.3, 0.4) is 0 Å². The molecule has 0 atom stereocenters. The maximum atomic E-state index is 12.4.